The molecule has 0 fully saturated rings. The van der Waals surface area contributed by atoms with Crippen LogP contribution in [0.5, 0.6) is 17.2 Å². The zero-order chi connectivity index (χ0) is 31.8. The molecular formula is C33H34BrFN2O7. The lowest BCUT2D eigenvalue weighted by molar-refractivity contribution is -0.0436. The van der Waals surface area contributed by atoms with E-state index in [1.54, 1.807) is 46.1 Å². The number of hydrogen-bond acceptors (Lipinski definition) is 8. The molecule has 0 aliphatic carbocycles. The zero-order valence-corrected chi connectivity index (χ0v) is 26.6. The van der Waals surface area contributed by atoms with Gasteiger partial charge in [0, 0.05) is 51.4 Å². The van der Waals surface area contributed by atoms with Gasteiger partial charge in [-0.25, -0.2) is 14.1 Å². The number of ether oxygens (including phenoxy) is 4. The molecule has 0 saturated heterocycles. The Labute approximate surface area is 263 Å². The molecule has 232 valence electrons. The molecule has 1 aromatic heterocycles. The van der Waals surface area contributed by atoms with Crippen molar-refractivity contribution in [3.63, 3.8) is 0 Å². The van der Waals surface area contributed by atoms with Gasteiger partial charge in [0.05, 0.1) is 19.7 Å². The van der Waals surface area contributed by atoms with E-state index >= 15 is 4.39 Å². The van der Waals surface area contributed by atoms with E-state index in [2.05, 4.69) is 15.9 Å². The third-order valence-electron chi connectivity index (χ3n) is 7.19. The summed E-state index contributed by atoms with van der Waals surface area (Å²) in [5, 5.41) is 23.1. The summed E-state index contributed by atoms with van der Waals surface area (Å²) in [7, 11) is 3.07. The van der Waals surface area contributed by atoms with Crippen LogP contribution in [0.15, 0.2) is 71.3 Å². The van der Waals surface area contributed by atoms with Crippen molar-refractivity contribution in [2.45, 2.75) is 52.0 Å². The van der Waals surface area contributed by atoms with E-state index in [0.29, 0.717) is 33.5 Å². The van der Waals surface area contributed by atoms with Gasteiger partial charge in [-0.1, -0.05) is 52.3 Å². The van der Waals surface area contributed by atoms with Gasteiger partial charge in [0.1, 0.15) is 36.2 Å². The highest BCUT2D eigenvalue weighted by Crippen LogP contribution is 2.43. The summed E-state index contributed by atoms with van der Waals surface area (Å²) in [6.45, 7) is 5.45. The molecule has 0 radical (unpaired) electrons. The second kappa shape index (κ2) is 12.6. The highest BCUT2D eigenvalue weighted by atomic mass is 79.9. The molecule has 3 aromatic carbocycles. The fourth-order valence-corrected chi connectivity index (χ4v) is 5.76. The molecule has 4 aromatic rings. The maximum absolute atomic E-state index is 15.5. The standard InChI is InChI=1S/C33H34BrFN2O7/c1-33(2,3)44-32(40)36-17-23(22-14-24(35)27(15-25(22)36)43-18-19-9-7-6-8-10-19)28-29(34)31(39)37(30(28)38)16-20-11-12-21(41-4)13-26(20)42-5/h6-15,17,30-31,38-39H,16,18H2,1-5H3. The number of nitrogens with zero attached hydrogens (tertiary/aromatic N) is 2. The quantitative estimate of drug-likeness (QED) is 0.222. The van der Waals surface area contributed by atoms with Crippen LogP contribution in [-0.4, -0.2) is 58.0 Å². The van der Waals surface area contributed by atoms with Gasteiger partial charge in [0.15, 0.2) is 11.6 Å². The molecule has 0 bridgehead atoms. The molecule has 11 heteroatoms. The second-order valence-corrected chi connectivity index (χ2v) is 12.2. The molecule has 0 spiro atoms. The van der Waals surface area contributed by atoms with Crippen LogP contribution in [-0.2, 0) is 17.9 Å². The van der Waals surface area contributed by atoms with Crippen LogP contribution < -0.4 is 14.2 Å². The van der Waals surface area contributed by atoms with Crippen LogP contribution in [0.25, 0.3) is 16.5 Å². The van der Waals surface area contributed by atoms with E-state index in [1.165, 1.54) is 34.9 Å². The number of carbonyl (C=O) groups excluding carboxylic acids is 1. The van der Waals surface area contributed by atoms with Crippen molar-refractivity contribution in [2.24, 2.45) is 0 Å². The summed E-state index contributed by atoms with van der Waals surface area (Å²) >= 11 is 3.46. The number of hydrogen-bond donors (Lipinski definition) is 2. The second-order valence-electron chi connectivity index (χ2n) is 11.3. The molecule has 2 N–H and O–H groups in total. The minimum atomic E-state index is -1.33. The molecule has 0 amide bonds. The Morgan fingerprint density at radius 2 is 1.70 bits per heavy atom. The lowest BCUT2D eigenvalue weighted by atomic mass is 10.0. The number of halogens is 2. The summed E-state index contributed by atoms with van der Waals surface area (Å²) in [6, 6.07) is 17.3. The zero-order valence-electron chi connectivity index (χ0n) is 25.0. The molecule has 1 aliphatic heterocycles. The third-order valence-corrected chi connectivity index (χ3v) is 8.03. The molecule has 2 unspecified atom stereocenters. The van der Waals surface area contributed by atoms with Crippen LogP contribution in [0.1, 0.15) is 37.5 Å². The number of rotatable bonds is 8. The van der Waals surface area contributed by atoms with Gasteiger partial charge in [-0.2, -0.15) is 0 Å². The van der Waals surface area contributed by atoms with Crippen molar-refractivity contribution in [3.05, 3.63) is 93.9 Å². The number of carbonyl (C=O) groups is 1. The molecule has 2 heterocycles. The average Bonchev–Trinajstić information content (AvgIpc) is 3.44. The van der Waals surface area contributed by atoms with Gasteiger partial charge in [-0.3, -0.25) is 4.57 Å². The van der Waals surface area contributed by atoms with E-state index in [0.717, 1.165) is 5.56 Å². The first-order chi connectivity index (χ1) is 20.9. The fourth-order valence-electron chi connectivity index (χ4n) is 5.08. The molecule has 1 aliphatic rings. The first-order valence-electron chi connectivity index (χ1n) is 13.9. The normalized spacial score (nSPS) is 17.3. The van der Waals surface area contributed by atoms with Gasteiger partial charge < -0.3 is 29.2 Å². The van der Waals surface area contributed by atoms with Crippen molar-refractivity contribution < 1.29 is 38.3 Å². The lowest BCUT2D eigenvalue weighted by Crippen LogP contribution is -2.37. The summed E-state index contributed by atoms with van der Waals surface area (Å²) < 4.78 is 39.3. The lowest BCUT2D eigenvalue weighted by Gasteiger charge is -2.26. The Morgan fingerprint density at radius 3 is 2.36 bits per heavy atom. The summed E-state index contributed by atoms with van der Waals surface area (Å²) in [5.41, 5.74) is 1.65. The van der Waals surface area contributed by atoms with Crippen molar-refractivity contribution >= 4 is 38.5 Å². The van der Waals surface area contributed by atoms with Crippen molar-refractivity contribution in [1.29, 1.82) is 0 Å². The third kappa shape index (κ3) is 6.32. The number of methoxy groups -OCH3 is 2. The van der Waals surface area contributed by atoms with Crippen molar-refractivity contribution in [3.8, 4) is 17.2 Å². The minimum Gasteiger partial charge on any atom is -0.497 e. The smallest absolute Gasteiger partial charge is 0.419 e. The average molecular weight is 670 g/mol. The van der Waals surface area contributed by atoms with Gasteiger partial charge >= 0.3 is 6.09 Å². The Balaban J connectivity index is 1.55. The fraction of sp³-hybridized carbons (Fsp3) is 0.303. The van der Waals surface area contributed by atoms with Gasteiger partial charge in [-0.15, -0.1) is 0 Å². The highest BCUT2D eigenvalue weighted by molar-refractivity contribution is 9.11. The van der Waals surface area contributed by atoms with Gasteiger partial charge in [0.2, 0.25) is 0 Å². The number of benzene rings is 3. The summed E-state index contributed by atoms with van der Waals surface area (Å²) in [5.74, 6) is 0.405. The molecule has 9 nitrogen and oxygen atoms in total. The van der Waals surface area contributed by atoms with E-state index < -0.39 is 30.0 Å². The van der Waals surface area contributed by atoms with Crippen LogP contribution in [0.3, 0.4) is 0 Å². The number of aliphatic hydroxyl groups excluding tert-OH is 2. The first kappa shape index (κ1) is 31.5. The Hall–Kier alpha value is -3.90. The molecule has 0 saturated carbocycles. The monoisotopic (exact) mass is 668 g/mol. The Bertz CT molecular complexity index is 1710. The molecular weight excluding hydrogens is 635 g/mol. The number of aliphatic hydroxyl groups is 2. The topological polar surface area (TPSA) is 103 Å². The highest BCUT2D eigenvalue weighted by Gasteiger charge is 2.40. The van der Waals surface area contributed by atoms with Crippen LogP contribution in [0, 0.1) is 5.82 Å². The van der Waals surface area contributed by atoms with Crippen molar-refractivity contribution in [2.75, 3.05) is 14.2 Å². The van der Waals surface area contributed by atoms with Crippen LogP contribution in [0.2, 0.25) is 0 Å². The number of aromatic nitrogens is 1. The van der Waals surface area contributed by atoms with E-state index in [4.69, 9.17) is 18.9 Å². The first-order valence-corrected chi connectivity index (χ1v) is 14.7. The maximum Gasteiger partial charge on any atom is 0.419 e. The summed E-state index contributed by atoms with van der Waals surface area (Å²) in [6.07, 6.45) is -1.80. The van der Waals surface area contributed by atoms with Gasteiger partial charge in [-0.05, 0) is 38.5 Å². The van der Waals surface area contributed by atoms with Crippen molar-refractivity contribution in [1.82, 2.24) is 9.47 Å². The van der Waals surface area contributed by atoms with Crippen LogP contribution in [0.4, 0.5) is 9.18 Å². The SMILES string of the molecule is COc1ccc(CN2C(O)C(Br)=C(c3cn(C(=O)OC(C)(C)C)c4cc(OCc5ccccc5)c(F)cc34)C2O)c(OC)c1. The van der Waals surface area contributed by atoms with E-state index in [1.807, 2.05) is 30.3 Å². The molecule has 5 rings (SSSR count). The van der Waals surface area contributed by atoms with Gasteiger partial charge in [0.25, 0.3) is 0 Å². The van der Waals surface area contributed by atoms with Crippen LogP contribution >= 0.6 is 15.9 Å². The van der Waals surface area contributed by atoms with E-state index in [-0.39, 0.29) is 29.0 Å². The predicted octanol–water partition coefficient (Wildman–Crippen LogP) is 6.42. The Kier molecular flexibility index (Phi) is 9.03. The minimum absolute atomic E-state index is 0.0518. The largest absolute Gasteiger partial charge is 0.497 e. The molecule has 44 heavy (non-hydrogen) atoms. The maximum atomic E-state index is 15.5. The van der Waals surface area contributed by atoms with E-state index in [9.17, 15) is 15.0 Å². The number of fused-ring (bicyclic) bond motifs is 1. The molecule has 2 atom stereocenters. The summed E-state index contributed by atoms with van der Waals surface area (Å²) in [4.78, 5) is 14.8. The predicted molar refractivity (Wildman–Crippen MR) is 167 cm³/mol. The Morgan fingerprint density at radius 1 is 0.977 bits per heavy atom.